The van der Waals surface area contributed by atoms with Crippen molar-refractivity contribution in [3.63, 3.8) is 0 Å². The van der Waals surface area contributed by atoms with Gasteiger partial charge < -0.3 is 15.8 Å². The Kier molecular flexibility index (Phi) is 5.21. The van der Waals surface area contributed by atoms with E-state index in [0.29, 0.717) is 25.1 Å². The van der Waals surface area contributed by atoms with Gasteiger partial charge in [0.2, 0.25) is 5.91 Å². The molecule has 0 unspecified atom stereocenters. The van der Waals surface area contributed by atoms with Gasteiger partial charge in [-0.25, -0.2) is 0 Å². The number of carbonyl (C=O) groups excluding carboxylic acids is 1. The van der Waals surface area contributed by atoms with Crippen LogP contribution in [0.15, 0.2) is 48.5 Å². The number of aryl methyl sites for hydroxylation is 1. The van der Waals surface area contributed by atoms with E-state index in [1.165, 1.54) is 0 Å². The quantitative estimate of drug-likeness (QED) is 0.631. The summed E-state index contributed by atoms with van der Waals surface area (Å²) in [6, 6.07) is 15.1. The number of nitrogen functional groups attached to an aromatic ring is 1. The molecule has 21 heavy (non-hydrogen) atoms. The van der Waals surface area contributed by atoms with Crippen LogP contribution in [0.3, 0.4) is 0 Å². The number of amides is 1. The number of ether oxygens (including phenoxy) is 1. The first-order chi connectivity index (χ1) is 10.1. The van der Waals surface area contributed by atoms with Crippen LogP contribution in [0.25, 0.3) is 0 Å². The SMILES string of the molecule is Cc1ccc(NC(=O)CCCOc2ccccc2)cc1N. The Morgan fingerprint density at radius 3 is 2.67 bits per heavy atom. The Bertz CT molecular complexity index is 597. The second-order valence-electron chi connectivity index (χ2n) is 4.88. The molecule has 0 aliphatic heterocycles. The average molecular weight is 284 g/mol. The molecule has 110 valence electrons. The lowest BCUT2D eigenvalue weighted by molar-refractivity contribution is -0.116. The lowest BCUT2D eigenvalue weighted by atomic mass is 10.2. The van der Waals surface area contributed by atoms with Crippen LogP contribution in [0, 0.1) is 6.92 Å². The van der Waals surface area contributed by atoms with Gasteiger partial charge in [-0.15, -0.1) is 0 Å². The zero-order valence-electron chi connectivity index (χ0n) is 12.1. The lowest BCUT2D eigenvalue weighted by Gasteiger charge is -2.08. The molecule has 4 nitrogen and oxygen atoms in total. The summed E-state index contributed by atoms with van der Waals surface area (Å²) in [4.78, 5) is 11.8. The molecule has 0 fully saturated rings. The molecule has 2 aromatic rings. The van der Waals surface area contributed by atoms with Crippen molar-refractivity contribution in [2.75, 3.05) is 17.7 Å². The number of anilines is 2. The molecule has 0 spiro atoms. The van der Waals surface area contributed by atoms with Crippen molar-refractivity contribution < 1.29 is 9.53 Å². The smallest absolute Gasteiger partial charge is 0.224 e. The van der Waals surface area contributed by atoms with E-state index in [0.717, 1.165) is 17.0 Å². The maximum Gasteiger partial charge on any atom is 0.224 e. The Labute approximate surface area is 124 Å². The molecular weight excluding hydrogens is 264 g/mol. The van der Waals surface area contributed by atoms with Crippen LogP contribution in [0.5, 0.6) is 5.75 Å². The molecule has 0 saturated heterocycles. The van der Waals surface area contributed by atoms with Gasteiger partial charge in [0.05, 0.1) is 6.61 Å². The third-order valence-corrected chi connectivity index (χ3v) is 3.12. The summed E-state index contributed by atoms with van der Waals surface area (Å²) in [7, 11) is 0. The van der Waals surface area contributed by atoms with Crippen LogP contribution in [-0.2, 0) is 4.79 Å². The maximum absolute atomic E-state index is 11.8. The summed E-state index contributed by atoms with van der Waals surface area (Å²) in [5, 5.41) is 2.83. The predicted molar refractivity (Wildman–Crippen MR) is 85.4 cm³/mol. The van der Waals surface area contributed by atoms with Gasteiger partial charge >= 0.3 is 0 Å². The number of para-hydroxylation sites is 1. The molecule has 0 aromatic heterocycles. The first-order valence-corrected chi connectivity index (χ1v) is 6.99. The molecule has 0 atom stereocenters. The van der Waals surface area contributed by atoms with Crippen molar-refractivity contribution >= 4 is 17.3 Å². The van der Waals surface area contributed by atoms with Gasteiger partial charge in [0.25, 0.3) is 0 Å². The van der Waals surface area contributed by atoms with E-state index in [4.69, 9.17) is 10.5 Å². The second kappa shape index (κ2) is 7.33. The fourth-order valence-corrected chi connectivity index (χ4v) is 1.88. The van der Waals surface area contributed by atoms with E-state index >= 15 is 0 Å². The van der Waals surface area contributed by atoms with E-state index in [2.05, 4.69) is 5.32 Å². The number of carbonyl (C=O) groups is 1. The number of hydrogen-bond acceptors (Lipinski definition) is 3. The molecule has 2 rings (SSSR count). The molecule has 4 heteroatoms. The van der Waals surface area contributed by atoms with Gasteiger partial charge in [-0.3, -0.25) is 4.79 Å². The van der Waals surface area contributed by atoms with E-state index in [9.17, 15) is 4.79 Å². The van der Waals surface area contributed by atoms with Gasteiger partial charge in [0.1, 0.15) is 5.75 Å². The summed E-state index contributed by atoms with van der Waals surface area (Å²) >= 11 is 0. The average Bonchev–Trinajstić information content (AvgIpc) is 2.49. The summed E-state index contributed by atoms with van der Waals surface area (Å²) in [6.45, 7) is 2.45. The summed E-state index contributed by atoms with van der Waals surface area (Å²) in [6.07, 6.45) is 1.09. The Morgan fingerprint density at radius 2 is 1.95 bits per heavy atom. The molecular formula is C17H20N2O2. The summed E-state index contributed by atoms with van der Waals surface area (Å²) < 4.78 is 5.54. The minimum absolute atomic E-state index is 0.0325. The van der Waals surface area contributed by atoms with E-state index in [1.807, 2.05) is 49.4 Å². The zero-order valence-corrected chi connectivity index (χ0v) is 12.1. The highest BCUT2D eigenvalue weighted by molar-refractivity contribution is 5.91. The van der Waals surface area contributed by atoms with E-state index < -0.39 is 0 Å². The highest BCUT2D eigenvalue weighted by Crippen LogP contribution is 2.17. The zero-order chi connectivity index (χ0) is 15.1. The van der Waals surface area contributed by atoms with Crippen LogP contribution in [-0.4, -0.2) is 12.5 Å². The van der Waals surface area contributed by atoms with Crippen molar-refractivity contribution in [3.8, 4) is 5.75 Å². The van der Waals surface area contributed by atoms with Gasteiger partial charge in [0.15, 0.2) is 0 Å². The Hall–Kier alpha value is -2.49. The number of nitrogens with two attached hydrogens (primary N) is 1. The number of nitrogens with one attached hydrogen (secondary N) is 1. The Balaban J connectivity index is 1.71. The monoisotopic (exact) mass is 284 g/mol. The third kappa shape index (κ3) is 4.84. The summed E-state index contributed by atoms with van der Waals surface area (Å²) in [5.41, 5.74) is 8.22. The minimum atomic E-state index is -0.0325. The van der Waals surface area contributed by atoms with Crippen LogP contribution in [0.4, 0.5) is 11.4 Å². The molecule has 0 aliphatic carbocycles. The van der Waals surface area contributed by atoms with Gasteiger partial charge in [0, 0.05) is 17.8 Å². The normalized spacial score (nSPS) is 10.1. The van der Waals surface area contributed by atoms with Gasteiger partial charge in [-0.05, 0) is 43.2 Å². The lowest BCUT2D eigenvalue weighted by Crippen LogP contribution is -2.13. The highest BCUT2D eigenvalue weighted by Gasteiger charge is 2.04. The van der Waals surface area contributed by atoms with Gasteiger partial charge in [-0.1, -0.05) is 24.3 Å². The van der Waals surface area contributed by atoms with Crippen molar-refractivity contribution in [2.24, 2.45) is 0 Å². The summed E-state index contributed by atoms with van der Waals surface area (Å²) in [5.74, 6) is 0.791. The van der Waals surface area contributed by atoms with Crippen molar-refractivity contribution in [3.05, 3.63) is 54.1 Å². The Morgan fingerprint density at radius 1 is 1.19 bits per heavy atom. The molecule has 1 amide bonds. The first kappa shape index (κ1) is 14.9. The molecule has 2 aromatic carbocycles. The van der Waals surface area contributed by atoms with Crippen LogP contribution in [0.1, 0.15) is 18.4 Å². The largest absolute Gasteiger partial charge is 0.494 e. The van der Waals surface area contributed by atoms with Crippen molar-refractivity contribution in [2.45, 2.75) is 19.8 Å². The van der Waals surface area contributed by atoms with Crippen LogP contribution < -0.4 is 15.8 Å². The fraction of sp³-hybridized carbons (Fsp3) is 0.235. The predicted octanol–water partition coefficient (Wildman–Crippen LogP) is 3.37. The standard InChI is InChI=1S/C17H20N2O2/c1-13-9-10-14(12-16(13)18)19-17(20)8-5-11-21-15-6-3-2-4-7-15/h2-4,6-7,9-10,12H,5,8,11,18H2,1H3,(H,19,20). The molecule has 0 aliphatic rings. The third-order valence-electron chi connectivity index (χ3n) is 3.12. The first-order valence-electron chi connectivity index (χ1n) is 6.99. The molecule has 0 radical (unpaired) electrons. The number of hydrogen-bond donors (Lipinski definition) is 2. The van der Waals surface area contributed by atoms with Crippen LogP contribution >= 0.6 is 0 Å². The number of rotatable bonds is 6. The van der Waals surface area contributed by atoms with Crippen LogP contribution in [0.2, 0.25) is 0 Å². The fourth-order valence-electron chi connectivity index (χ4n) is 1.88. The maximum atomic E-state index is 11.8. The highest BCUT2D eigenvalue weighted by atomic mass is 16.5. The molecule has 0 saturated carbocycles. The van der Waals surface area contributed by atoms with Gasteiger partial charge in [-0.2, -0.15) is 0 Å². The minimum Gasteiger partial charge on any atom is -0.494 e. The topological polar surface area (TPSA) is 64.3 Å². The molecule has 0 heterocycles. The number of benzene rings is 2. The second-order valence-corrected chi connectivity index (χ2v) is 4.88. The van der Waals surface area contributed by atoms with Crippen molar-refractivity contribution in [1.29, 1.82) is 0 Å². The van der Waals surface area contributed by atoms with E-state index in [-0.39, 0.29) is 5.91 Å². The molecule has 3 N–H and O–H groups in total. The molecule has 0 bridgehead atoms. The van der Waals surface area contributed by atoms with E-state index in [1.54, 1.807) is 6.07 Å². The van der Waals surface area contributed by atoms with Crippen molar-refractivity contribution in [1.82, 2.24) is 0 Å².